The summed E-state index contributed by atoms with van der Waals surface area (Å²) in [5.41, 5.74) is 0.977. The molecule has 3 aliphatic heterocycles. The van der Waals surface area contributed by atoms with Crippen molar-refractivity contribution in [2.24, 2.45) is 0 Å². The van der Waals surface area contributed by atoms with Gasteiger partial charge in [-0.15, -0.1) is 0 Å². The molecule has 0 saturated carbocycles. The van der Waals surface area contributed by atoms with E-state index in [1.165, 1.54) is 6.08 Å². The van der Waals surface area contributed by atoms with E-state index < -0.39 is 5.82 Å². The van der Waals surface area contributed by atoms with E-state index in [9.17, 15) is 10.1 Å². The molecular formula is C34H33ClFN7O2. The quantitative estimate of drug-likeness (QED) is 0.239. The van der Waals surface area contributed by atoms with Gasteiger partial charge in [0.05, 0.1) is 24.1 Å². The zero-order chi connectivity index (χ0) is 31.1. The van der Waals surface area contributed by atoms with Crippen molar-refractivity contribution >= 4 is 45.0 Å². The summed E-state index contributed by atoms with van der Waals surface area (Å²) >= 11 is 6.60. The van der Waals surface area contributed by atoms with E-state index >= 15 is 4.39 Å². The van der Waals surface area contributed by atoms with Crippen LogP contribution in [-0.4, -0.2) is 81.6 Å². The molecule has 2 aromatic heterocycles. The number of carbonyl (C=O) groups is 1. The van der Waals surface area contributed by atoms with Crippen LogP contribution < -0.4 is 9.64 Å². The highest BCUT2D eigenvalue weighted by Crippen LogP contribution is 2.41. The number of anilines is 1. The van der Waals surface area contributed by atoms with E-state index in [4.69, 9.17) is 21.3 Å². The first kappa shape index (κ1) is 29.4. The summed E-state index contributed by atoms with van der Waals surface area (Å²) in [5.74, 6) is -0.234. The molecule has 0 bridgehead atoms. The van der Waals surface area contributed by atoms with Crippen LogP contribution in [0.1, 0.15) is 32.1 Å². The number of amides is 1. The monoisotopic (exact) mass is 625 g/mol. The first-order valence-corrected chi connectivity index (χ1v) is 15.8. The lowest BCUT2D eigenvalue weighted by atomic mass is 9.95. The molecule has 3 saturated heterocycles. The summed E-state index contributed by atoms with van der Waals surface area (Å²) in [7, 11) is 0. The van der Waals surface area contributed by atoms with Crippen molar-refractivity contribution in [3.8, 4) is 23.2 Å². The van der Waals surface area contributed by atoms with Crippen LogP contribution in [-0.2, 0) is 4.79 Å². The van der Waals surface area contributed by atoms with Crippen LogP contribution in [0.3, 0.4) is 0 Å². The number of fused-ring (bicyclic) bond motifs is 3. The van der Waals surface area contributed by atoms with Gasteiger partial charge in [-0.05, 0) is 57.0 Å². The molecule has 45 heavy (non-hydrogen) atoms. The predicted octanol–water partition coefficient (Wildman–Crippen LogP) is 5.76. The van der Waals surface area contributed by atoms with Gasteiger partial charge in [0, 0.05) is 64.3 Å². The van der Waals surface area contributed by atoms with Crippen LogP contribution in [0.15, 0.2) is 55.4 Å². The van der Waals surface area contributed by atoms with Gasteiger partial charge in [0.1, 0.15) is 17.9 Å². The third-order valence-corrected chi connectivity index (χ3v) is 9.95. The van der Waals surface area contributed by atoms with Gasteiger partial charge >= 0.3 is 6.01 Å². The number of pyridine rings is 1. The van der Waals surface area contributed by atoms with Gasteiger partial charge in [0.15, 0.2) is 5.82 Å². The second kappa shape index (κ2) is 11.9. The average Bonchev–Trinajstić information content (AvgIpc) is 3.64. The van der Waals surface area contributed by atoms with Crippen molar-refractivity contribution in [2.75, 3.05) is 44.2 Å². The number of nitrogens with zero attached hydrogens (tertiary/aromatic N) is 7. The lowest BCUT2D eigenvalue weighted by Crippen LogP contribution is -2.55. The van der Waals surface area contributed by atoms with Gasteiger partial charge in [0.2, 0.25) is 5.91 Å². The van der Waals surface area contributed by atoms with Gasteiger partial charge in [-0.2, -0.15) is 15.2 Å². The Morgan fingerprint density at radius 2 is 1.96 bits per heavy atom. The van der Waals surface area contributed by atoms with Gasteiger partial charge in [0.25, 0.3) is 0 Å². The Hall–Kier alpha value is -4.33. The second-order valence-electron chi connectivity index (χ2n) is 12.1. The number of aromatic nitrogens is 3. The molecule has 7 rings (SSSR count). The minimum absolute atomic E-state index is 0.0428. The zero-order valence-corrected chi connectivity index (χ0v) is 25.6. The fourth-order valence-electron chi connectivity index (χ4n) is 7.43. The van der Waals surface area contributed by atoms with Crippen molar-refractivity contribution in [1.29, 1.82) is 5.26 Å². The SMILES string of the molecule is C=CC(=O)N1CCN(c2nc(OCC34CCCN3CCC4)nc3c(F)c(-c4cncc5cccc(Cl)c45)ccc23)C[C@@H]1CC#N. The molecule has 0 spiro atoms. The fraction of sp³-hybridized carbons (Fsp3) is 0.382. The standard InChI is InChI=1S/C34H33ClFN7O2/c1-2-28(44)43-17-16-41(20-23(43)10-13-37)32-25-9-8-24(26-19-38-18-22-6-3-7-27(35)29(22)26)30(36)31(25)39-33(40-32)45-21-34-11-4-14-42(34)15-5-12-34/h2-3,6-9,18-19,23H,1,4-5,10-12,14-17,20-21H2/t23-/m0/s1. The molecule has 0 radical (unpaired) electrons. The summed E-state index contributed by atoms with van der Waals surface area (Å²) in [6, 6.07) is 11.0. The van der Waals surface area contributed by atoms with Crippen molar-refractivity contribution in [1.82, 2.24) is 24.8 Å². The molecule has 1 amide bonds. The van der Waals surface area contributed by atoms with E-state index in [0.29, 0.717) is 59.0 Å². The summed E-state index contributed by atoms with van der Waals surface area (Å²) in [4.78, 5) is 32.6. The first-order chi connectivity index (χ1) is 21.9. The van der Waals surface area contributed by atoms with Crippen molar-refractivity contribution in [3.05, 3.63) is 66.2 Å². The highest BCUT2D eigenvalue weighted by Gasteiger charge is 2.45. The van der Waals surface area contributed by atoms with Crippen LogP contribution in [0.2, 0.25) is 5.02 Å². The van der Waals surface area contributed by atoms with Gasteiger partial charge in [-0.25, -0.2) is 4.39 Å². The van der Waals surface area contributed by atoms with E-state index in [1.807, 2.05) is 23.1 Å². The molecular weight excluding hydrogens is 593 g/mol. The lowest BCUT2D eigenvalue weighted by molar-refractivity contribution is -0.128. The largest absolute Gasteiger partial charge is 0.461 e. The molecule has 5 heterocycles. The first-order valence-electron chi connectivity index (χ1n) is 15.4. The van der Waals surface area contributed by atoms with Crippen molar-refractivity contribution in [2.45, 2.75) is 43.7 Å². The molecule has 0 unspecified atom stereocenters. The fourth-order valence-corrected chi connectivity index (χ4v) is 7.71. The molecule has 0 aliphatic carbocycles. The van der Waals surface area contributed by atoms with E-state index in [0.717, 1.165) is 44.2 Å². The maximum Gasteiger partial charge on any atom is 0.319 e. The minimum atomic E-state index is -0.522. The van der Waals surface area contributed by atoms with Crippen LogP contribution in [0.5, 0.6) is 6.01 Å². The van der Waals surface area contributed by atoms with Crippen LogP contribution >= 0.6 is 11.6 Å². The molecule has 3 fully saturated rings. The molecule has 4 aromatic rings. The number of hydrogen-bond acceptors (Lipinski definition) is 8. The number of halogens is 2. The van der Waals surface area contributed by atoms with Crippen LogP contribution in [0.25, 0.3) is 32.8 Å². The maximum absolute atomic E-state index is 16.8. The van der Waals surface area contributed by atoms with Crippen LogP contribution in [0.4, 0.5) is 10.2 Å². The molecule has 230 valence electrons. The highest BCUT2D eigenvalue weighted by molar-refractivity contribution is 6.36. The third kappa shape index (κ3) is 5.14. The van der Waals surface area contributed by atoms with E-state index in [1.54, 1.807) is 29.4 Å². The number of hydrogen-bond donors (Lipinski definition) is 0. The summed E-state index contributed by atoms with van der Waals surface area (Å²) in [6.07, 6.45) is 9.10. The van der Waals surface area contributed by atoms with Crippen LogP contribution in [0, 0.1) is 17.1 Å². The normalized spacial score (nSPS) is 19.5. The number of nitriles is 1. The summed E-state index contributed by atoms with van der Waals surface area (Å²) in [6.45, 7) is 7.33. The Morgan fingerprint density at radius 3 is 2.73 bits per heavy atom. The molecule has 1 atom stereocenters. The molecule has 2 aromatic carbocycles. The molecule has 11 heteroatoms. The summed E-state index contributed by atoms with van der Waals surface area (Å²) in [5, 5.41) is 12.1. The third-order valence-electron chi connectivity index (χ3n) is 9.64. The molecule has 3 aliphatic rings. The lowest BCUT2D eigenvalue weighted by Gasteiger charge is -2.41. The predicted molar refractivity (Wildman–Crippen MR) is 172 cm³/mol. The Morgan fingerprint density at radius 1 is 1.13 bits per heavy atom. The van der Waals surface area contributed by atoms with E-state index in [-0.39, 0.29) is 35.4 Å². The molecule has 9 nitrogen and oxygen atoms in total. The van der Waals surface area contributed by atoms with Gasteiger partial charge in [-0.1, -0.05) is 36.4 Å². The average molecular weight is 626 g/mol. The minimum Gasteiger partial charge on any atom is -0.461 e. The van der Waals surface area contributed by atoms with Gasteiger partial charge in [-0.3, -0.25) is 14.7 Å². The maximum atomic E-state index is 16.8. The topological polar surface area (TPSA) is 98.5 Å². The van der Waals surface area contributed by atoms with Gasteiger partial charge < -0.3 is 14.5 Å². The number of benzene rings is 2. The zero-order valence-electron chi connectivity index (χ0n) is 24.9. The van der Waals surface area contributed by atoms with Crippen molar-refractivity contribution < 1.29 is 13.9 Å². The number of ether oxygens (including phenoxy) is 1. The smallest absolute Gasteiger partial charge is 0.319 e. The highest BCUT2D eigenvalue weighted by atomic mass is 35.5. The summed E-state index contributed by atoms with van der Waals surface area (Å²) < 4.78 is 23.1. The Labute approximate surface area is 265 Å². The van der Waals surface area contributed by atoms with Crippen molar-refractivity contribution in [3.63, 3.8) is 0 Å². The number of carbonyl (C=O) groups excluding carboxylic acids is 1. The second-order valence-corrected chi connectivity index (χ2v) is 12.5. The Bertz CT molecular complexity index is 1850. The number of rotatable bonds is 7. The van der Waals surface area contributed by atoms with E-state index in [2.05, 4.69) is 27.5 Å². The Kier molecular flexibility index (Phi) is 7.76. The number of piperazine rings is 1. The Balaban J connectivity index is 1.33. The molecule has 0 N–H and O–H groups in total.